The lowest BCUT2D eigenvalue weighted by molar-refractivity contribution is 0.171. The summed E-state index contributed by atoms with van der Waals surface area (Å²) in [5.74, 6) is 0. The lowest BCUT2D eigenvalue weighted by atomic mass is 10.1. The molecule has 0 radical (unpaired) electrons. The molecule has 2 heterocycles. The van der Waals surface area contributed by atoms with Gasteiger partial charge in [0.15, 0.2) is 0 Å². The average molecular weight is 100 g/mol. The monoisotopic (exact) mass is 100 g/mol. The Morgan fingerprint density at radius 1 is 1.29 bits per heavy atom. The second-order valence-electron chi connectivity index (χ2n) is 2.27. The summed E-state index contributed by atoms with van der Waals surface area (Å²) in [7, 11) is 0. The number of rotatable bonds is 0. The van der Waals surface area contributed by atoms with Crippen LogP contribution in [0.2, 0.25) is 0 Å². The van der Waals surface area contributed by atoms with E-state index >= 15 is 0 Å². The second kappa shape index (κ2) is 1.01. The molecule has 0 aromatic carbocycles. The fraction of sp³-hybridized carbons (Fsp3) is 1.00. The second-order valence-corrected chi connectivity index (χ2v) is 2.27. The van der Waals surface area contributed by atoms with Crippen LogP contribution in [0.1, 0.15) is 6.42 Å². The molecular formula is C5H8O2. The molecule has 2 rings (SSSR count). The highest BCUT2D eigenvalue weighted by Gasteiger charge is 2.47. The Morgan fingerprint density at radius 3 is 2.43 bits per heavy atom. The first-order valence-electron chi connectivity index (χ1n) is 2.63. The van der Waals surface area contributed by atoms with Crippen LogP contribution in [-0.2, 0) is 9.47 Å². The summed E-state index contributed by atoms with van der Waals surface area (Å²) in [6.45, 7) is 2.68. The first-order valence-corrected chi connectivity index (χ1v) is 2.63. The van der Waals surface area contributed by atoms with Crippen molar-refractivity contribution in [2.75, 3.05) is 19.8 Å². The molecule has 1 unspecified atom stereocenters. The zero-order chi connectivity index (χ0) is 4.74. The lowest BCUT2D eigenvalue weighted by Gasteiger charge is -1.90. The van der Waals surface area contributed by atoms with Crippen LogP contribution >= 0.6 is 0 Å². The maximum atomic E-state index is 5.13. The molecule has 1 atom stereocenters. The molecule has 1 spiro atoms. The zero-order valence-electron chi connectivity index (χ0n) is 4.14. The van der Waals surface area contributed by atoms with Gasteiger partial charge in [-0.15, -0.1) is 0 Å². The maximum absolute atomic E-state index is 5.13. The first-order chi connectivity index (χ1) is 3.41. The van der Waals surface area contributed by atoms with Crippen LogP contribution in [0.25, 0.3) is 0 Å². The van der Waals surface area contributed by atoms with Crippen LogP contribution in [0.15, 0.2) is 0 Å². The van der Waals surface area contributed by atoms with Gasteiger partial charge in [-0.25, -0.2) is 0 Å². The molecule has 2 aliphatic rings. The maximum Gasteiger partial charge on any atom is 0.117 e. The molecule has 2 heteroatoms. The van der Waals surface area contributed by atoms with Crippen molar-refractivity contribution in [1.29, 1.82) is 0 Å². The third-order valence-electron chi connectivity index (χ3n) is 1.62. The van der Waals surface area contributed by atoms with Crippen molar-refractivity contribution in [3.05, 3.63) is 0 Å². The molecule has 0 aromatic rings. The highest BCUT2D eigenvalue weighted by molar-refractivity contribution is 4.94. The van der Waals surface area contributed by atoms with Crippen LogP contribution in [0.5, 0.6) is 0 Å². The minimum Gasteiger partial charge on any atom is -0.378 e. The molecular weight excluding hydrogens is 92.1 g/mol. The van der Waals surface area contributed by atoms with Crippen LogP contribution in [0, 0.1) is 0 Å². The summed E-state index contributed by atoms with van der Waals surface area (Å²) < 4.78 is 10.2. The van der Waals surface area contributed by atoms with E-state index in [-0.39, 0.29) is 5.60 Å². The molecule has 0 aromatic heterocycles. The predicted octanol–water partition coefficient (Wildman–Crippen LogP) is 0.176. The summed E-state index contributed by atoms with van der Waals surface area (Å²) in [5.41, 5.74) is 0.222. The van der Waals surface area contributed by atoms with Crippen molar-refractivity contribution in [1.82, 2.24) is 0 Å². The molecule has 40 valence electrons. The van der Waals surface area contributed by atoms with Crippen molar-refractivity contribution in [2.45, 2.75) is 12.0 Å². The van der Waals surface area contributed by atoms with E-state index in [1.165, 1.54) is 0 Å². The Labute approximate surface area is 42.4 Å². The van der Waals surface area contributed by atoms with Crippen molar-refractivity contribution in [3.63, 3.8) is 0 Å². The Morgan fingerprint density at radius 2 is 2.14 bits per heavy atom. The quantitative estimate of drug-likeness (QED) is 0.405. The molecule has 7 heavy (non-hydrogen) atoms. The van der Waals surface area contributed by atoms with Gasteiger partial charge in [0.05, 0.1) is 13.2 Å². The molecule has 2 fully saturated rings. The molecule has 2 saturated heterocycles. The molecule has 0 N–H and O–H groups in total. The third-order valence-corrected chi connectivity index (χ3v) is 1.62. The number of hydrogen-bond acceptors (Lipinski definition) is 2. The van der Waals surface area contributed by atoms with E-state index in [1.54, 1.807) is 0 Å². The van der Waals surface area contributed by atoms with Gasteiger partial charge in [0.1, 0.15) is 5.60 Å². The van der Waals surface area contributed by atoms with E-state index in [2.05, 4.69) is 0 Å². The number of ether oxygens (including phenoxy) is 2. The summed E-state index contributed by atoms with van der Waals surface area (Å²) in [6.07, 6.45) is 1.12. The van der Waals surface area contributed by atoms with E-state index in [4.69, 9.17) is 9.47 Å². The van der Waals surface area contributed by atoms with Crippen LogP contribution in [0.3, 0.4) is 0 Å². The van der Waals surface area contributed by atoms with Gasteiger partial charge in [0, 0.05) is 13.0 Å². The summed E-state index contributed by atoms with van der Waals surface area (Å²) in [6, 6.07) is 0. The predicted molar refractivity (Wildman–Crippen MR) is 24.1 cm³/mol. The summed E-state index contributed by atoms with van der Waals surface area (Å²) >= 11 is 0. The van der Waals surface area contributed by atoms with Gasteiger partial charge >= 0.3 is 0 Å². The van der Waals surface area contributed by atoms with Gasteiger partial charge in [-0.2, -0.15) is 0 Å². The van der Waals surface area contributed by atoms with Crippen LogP contribution in [-0.4, -0.2) is 25.4 Å². The highest BCUT2D eigenvalue weighted by atomic mass is 16.6. The van der Waals surface area contributed by atoms with Gasteiger partial charge in [-0.3, -0.25) is 0 Å². The lowest BCUT2D eigenvalue weighted by Crippen LogP contribution is -2.07. The topological polar surface area (TPSA) is 21.8 Å². The molecule has 0 bridgehead atoms. The smallest absolute Gasteiger partial charge is 0.117 e. The van der Waals surface area contributed by atoms with E-state index in [0.717, 1.165) is 26.2 Å². The number of epoxide rings is 1. The minimum absolute atomic E-state index is 0.222. The van der Waals surface area contributed by atoms with Gasteiger partial charge in [0.25, 0.3) is 0 Å². The van der Waals surface area contributed by atoms with Gasteiger partial charge in [0.2, 0.25) is 0 Å². The summed E-state index contributed by atoms with van der Waals surface area (Å²) in [4.78, 5) is 0. The average Bonchev–Trinajstić information content (AvgIpc) is 2.15. The largest absolute Gasteiger partial charge is 0.378 e. The zero-order valence-corrected chi connectivity index (χ0v) is 4.14. The molecule has 0 saturated carbocycles. The third kappa shape index (κ3) is 0.469. The SMILES string of the molecule is C1CC2(CO1)CO2. The molecule has 0 aliphatic carbocycles. The van der Waals surface area contributed by atoms with Gasteiger partial charge < -0.3 is 9.47 Å². The van der Waals surface area contributed by atoms with Crippen LogP contribution in [0.4, 0.5) is 0 Å². The van der Waals surface area contributed by atoms with E-state index in [1.807, 2.05) is 0 Å². The van der Waals surface area contributed by atoms with E-state index < -0.39 is 0 Å². The highest BCUT2D eigenvalue weighted by Crippen LogP contribution is 2.34. The van der Waals surface area contributed by atoms with Crippen molar-refractivity contribution >= 4 is 0 Å². The molecule has 2 aliphatic heterocycles. The Balaban J connectivity index is 2.07. The normalized spacial score (nSPS) is 48.0. The minimum atomic E-state index is 0.222. The van der Waals surface area contributed by atoms with E-state index in [9.17, 15) is 0 Å². The van der Waals surface area contributed by atoms with Crippen LogP contribution < -0.4 is 0 Å². The Hall–Kier alpha value is -0.0800. The first kappa shape index (κ1) is 3.87. The van der Waals surface area contributed by atoms with Gasteiger partial charge in [-0.05, 0) is 0 Å². The Kier molecular flexibility index (Phi) is 0.557. The van der Waals surface area contributed by atoms with E-state index in [0.29, 0.717) is 0 Å². The fourth-order valence-corrected chi connectivity index (χ4v) is 0.918. The molecule has 2 nitrogen and oxygen atoms in total. The Bertz CT molecular complexity index is 78.1. The number of hydrogen-bond donors (Lipinski definition) is 0. The fourth-order valence-electron chi connectivity index (χ4n) is 0.918. The van der Waals surface area contributed by atoms with Crippen molar-refractivity contribution in [2.24, 2.45) is 0 Å². The molecule has 0 amide bonds. The van der Waals surface area contributed by atoms with Crippen molar-refractivity contribution in [3.8, 4) is 0 Å². The summed E-state index contributed by atoms with van der Waals surface area (Å²) in [5, 5.41) is 0. The van der Waals surface area contributed by atoms with Gasteiger partial charge in [-0.1, -0.05) is 0 Å². The van der Waals surface area contributed by atoms with Crippen molar-refractivity contribution < 1.29 is 9.47 Å². The standard InChI is InChI=1S/C5H8O2/c1-2-6-3-5(1)4-7-5/h1-4H2.